The van der Waals surface area contributed by atoms with Crippen LogP contribution in [0.4, 0.5) is 0 Å². The van der Waals surface area contributed by atoms with Crippen LogP contribution in [0.15, 0.2) is 41.5 Å². The second-order valence-corrected chi connectivity index (χ2v) is 4.20. The minimum Gasteiger partial charge on any atom is -0.259 e. The van der Waals surface area contributed by atoms with Gasteiger partial charge in [-0.25, -0.2) is 0 Å². The highest BCUT2D eigenvalue weighted by atomic mass is 16.1. The second-order valence-electron chi connectivity index (χ2n) is 4.20. The molecule has 0 saturated heterocycles. The maximum atomic E-state index is 11.5. The molecule has 1 aromatic heterocycles. The summed E-state index contributed by atoms with van der Waals surface area (Å²) >= 11 is 0. The van der Waals surface area contributed by atoms with Crippen molar-refractivity contribution in [3.05, 3.63) is 53.2 Å². The summed E-state index contributed by atoms with van der Waals surface area (Å²) in [5, 5.41) is 3.18. The highest BCUT2D eigenvalue weighted by Gasteiger charge is 2.14. The number of carbonyl (C=O) groups excluding carboxylic acids is 1. The first kappa shape index (κ1) is 12.8. The molecule has 1 aromatic carbocycles. The summed E-state index contributed by atoms with van der Waals surface area (Å²) in [5.41, 5.74) is 10.5. The lowest BCUT2D eigenvalue weighted by Crippen LogP contribution is -2.01. The Balaban J connectivity index is 2.41. The van der Waals surface area contributed by atoms with Gasteiger partial charge in [0.25, 0.3) is 0 Å². The van der Waals surface area contributed by atoms with Crippen LogP contribution >= 0.6 is 0 Å². The number of aromatic nitrogens is 1. The highest BCUT2D eigenvalue weighted by Crippen LogP contribution is 2.19. The zero-order valence-electron chi connectivity index (χ0n) is 10.7. The molecule has 94 valence electrons. The normalized spacial score (nSPS) is 9.79. The third kappa shape index (κ3) is 2.78. The van der Waals surface area contributed by atoms with E-state index in [0.717, 1.165) is 11.3 Å². The van der Waals surface area contributed by atoms with Gasteiger partial charge in [-0.1, -0.05) is 29.8 Å². The lowest BCUT2D eigenvalue weighted by molar-refractivity contribution is 0.0991. The summed E-state index contributed by atoms with van der Waals surface area (Å²) in [7, 11) is 0. The van der Waals surface area contributed by atoms with Crippen molar-refractivity contribution in [2.75, 3.05) is 0 Å². The molecule has 2 aromatic rings. The monoisotopic (exact) mass is 253 g/mol. The van der Waals surface area contributed by atoms with E-state index in [0.29, 0.717) is 11.3 Å². The molecular weight excluding hydrogens is 240 g/mol. The van der Waals surface area contributed by atoms with E-state index in [1.807, 2.05) is 31.2 Å². The zero-order chi connectivity index (χ0) is 13.8. The predicted molar refractivity (Wildman–Crippen MR) is 70.8 cm³/mol. The van der Waals surface area contributed by atoms with E-state index in [-0.39, 0.29) is 0 Å². The van der Waals surface area contributed by atoms with Crippen LogP contribution in [0.5, 0.6) is 0 Å². The highest BCUT2D eigenvalue weighted by molar-refractivity contribution is 5.95. The van der Waals surface area contributed by atoms with Crippen LogP contribution in [0, 0.1) is 19.4 Å². The van der Waals surface area contributed by atoms with Gasteiger partial charge in [0.05, 0.1) is 17.0 Å². The van der Waals surface area contributed by atoms with E-state index in [1.165, 1.54) is 5.56 Å². The van der Waals surface area contributed by atoms with Gasteiger partial charge in [0.1, 0.15) is 5.53 Å². The number of pyridine rings is 1. The summed E-state index contributed by atoms with van der Waals surface area (Å²) < 4.78 is 0. The lowest BCUT2D eigenvalue weighted by atomic mass is 10.1. The van der Waals surface area contributed by atoms with E-state index >= 15 is 0 Å². The molecule has 0 fully saturated rings. The SMILES string of the molecule is Cc1ccc(-c2ccc(C(=O)N=[N+]=N)c(C)n2)cc1. The Morgan fingerprint density at radius 2 is 1.84 bits per heavy atom. The Bertz CT molecular complexity index is 670. The average molecular weight is 253 g/mol. The summed E-state index contributed by atoms with van der Waals surface area (Å²) in [6.45, 7) is 3.76. The van der Waals surface area contributed by atoms with Gasteiger partial charge >= 0.3 is 5.91 Å². The van der Waals surface area contributed by atoms with Crippen LogP contribution in [-0.2, 0) is 0 Å². The fraction of sp³-hybridized carbons (Fsp3) is 0.143. The number of aryl methyl sites for hydroxylation is 2. The third-order valence-corrected chi connectivity index (χ3v) is 2.80. The Hall–Kier alpha value is -2.65. The summed E-state index contributed by atoms with van der Waals surface area (Å²) in [5.74, 6) is -0.546. The summed E-state index contributed by atoms with van der Waals surface area (Å²) in [6, 6.07) is 11.4. The largest absolute Gasteiger partial charge is 0.362 e. The van der Waals surface area contributed by atoms with Gasteiger partial charge in [0, 0.05) is 5.56 Å². The van der Waals surface area contributed by atoms with Crippen molar-refractivity contribution in [2.45, 2.75) is 13.8 Å². The van der Waals surface area contributed by atoms with Crippen molar-refractivity contribution < 1.29 is 4.79 Å². The fourth-order valence-electron chi connectivity index (χ4n) is 1.77. The number of hydrogen-bond donors (Lipinski definition) is 1. The molecule has 2 rings (SSSR count). The molecule has 0 bridgehead atoms. The molecule has 1 N–H and O–H groups in total. The molecule has 0 atom stereocenters. The van der Waals surface area contributed by atoms with Gasteiger partial charge in [-0.3, -0.25) is 9.78 Å². The predicted octanol–water partition coefficient (Wildman–Crippen LogP) is 3.06. The number of amides is 1. The molecule has 0 spiro atoms. The molecule has 5 heteroatoms. The Morgan fingerprint density at radius 1 is 1.16 bits per heavy atom. The van der Waals surface area contributed by atoms with Gasteiger partial charge in [-0.2, -0.15) is 0 Å². The van der Waals surface area contributed by atoms with Crippen LogP contribution in [0.1, 0.15) is 21.6 Å². The van der Waals surface area contributed by atoms with E-state index in [1.54, 1.807) is 19.1 Å². The number of rotatable bonds is 2. The van der Waals surface area contributed by atoms with Gasteiger partial charge in [-0.05, 0) is 26.0 Å². The first-order chi connectivity index (χ1) is 9.11. The standard InChI is InChI=1S/C14H13N4O/c1-9-3-5-11(6-4-9)13-8-7-12(10(2)16-13)14(19)17-18-15/h3-8,15H,1-2H3/q+1. The second kappa shape index (κ2) is 5.33. The molecule has 1 heterocycles. The zero-order valence-corrected chi connectivity index (χ0v) is 10.7. The van der Waals surface area contributed by atoms with Crippen molar-refractivity contribution in [3.63, 3.8) is 0 Å². The van der Waals surface area contributed by atoms with Crippen LogP contribution in [0.2, 0.25) is 0 Å². The Kier molecular flexibility index (Phi) is 3.59. The van der Waals surface area contributed by atoms with Crippen molar-refractivity contribution >= 4 is 5.91 Å². The smallest absolute Gasteiger partial charge is 0.259 e. The molecule has 5 nitrogen and oxygen atoms in total. The summed E-state index contributed by atoms with van der Waals surface area (Å²) in [4.78, 5) is 18.7. The quantitative estimate of drug-likeness (QED) is 0.659. The molecular formula is C14H13N4O+. The number of hydrogen-bond acceptors (Lipinski definition) is 3. The molecule has 0 aliphatic heterocycles. The number of benzene rings is 1. The molecule has 0 radical (unpaired) electrons. The van der Waals surface area contributed by atoms with E-state index in [4.69, 9.17) is 5.53 Å². The van der Waals surface area contributed by atoms with Gasteiger partial charge in [-0.15, -0.1) is 0 Å². The Morgan fingerprint density at radius 3 is 2.42 bits per heavy atom. The molecule has 0 saturated carbocycles. The minimum atomic E-state index is -0.546. The lowest BCUT2D eigenvalue weighted by Gasteiger charge is -2.04. The van der Waals surface area contributed by atoms with Crippen LogP contribution in [-0.4, -0.2) is 10.9 Å². The molecule has 0 aliphatic carbocycles. The maximum Gasteiger partial charge on any atom is 0.362 e. The van der Waals surface area contributed by atoms with Crippen LogP contribution in [0.3, 0.4) is 0 Å². The first-order valence-electron chi connectivity index (χ1n) is 5.78. The number of nitrogens with one attached hydrogen (secondary N) is 1. The van der Waals surface area contributed by atoms with Gasteiger partial charge < -0.3 is 0 Å². The van der Waals surface area contributed by atoms with Crippen LogP contribution in [0.25, 0.3) is 11.3 Å². The van der Waals surface area contributed by atoms with Crippen molar-refractivity contribution in [1.29, 1.82) is 5.53 Å². The minimum absolute atomic E-state index is 0.367. The number of carbonyl (C=O) groups is 1. The number of nitrogens with zero attached hydrogens (tertiary/aromatic N) is 3. The first-order valence-corrected chi connectivity index (χ1v) is 5.78. The van der Waals surface area contributed by atoms with E-state index in [9.17, 15) is 4.79 Å². The Labute approximate surface area is 110 Å². The van der Waals surface area contributed by atoms with Gasteiger partial charge in [0.15, 0.2) is 0 Å². The van der Waals surface area contributed by atoms with Crippen LogP contribution < -0.4 is 4.91 Å². The molecule has 19 heavy (non-hydrogen) atoms. The van der Waals surface area contributed by atoms with Crippen molar-refractivity contribution in [1.82, 2.24) is 9.90 Å². The topological polar surface area (TPSA) is 80.3 Å². The molecule has 1 amide bonds. The molecule has 0 unspecified atom stereocenters. The van der Waals surface area contributed by atoms with Gasteiger partial charge in [0.2, 0.25) is 10.0 Å². The van der Waals surface area contributed by atoms with Crippen molar-refractivity contribution in [3.8, 4) is 11.3 Å². The molecule has 0 aliphatic rings. The fourth-order valence-corrected chi connectivity index (χ4v) is 1.77. The average Bonchev–Trinajstić information content (AvgIpc) is 2.39. The van der Waals surface area contributed by atoms with E-state index in [2.05, 4.69) is 15.0 Å². The third-order valence-electron chi connectivity index (χ3n) is 2.80. The van der Waals surface area contributed by atoms with E-state index < -0.39 is 5.91 Å². The maximum absolute atomic E-state index is 11.5. The summed E-state index contributed by atoms with van der Waals surface area (Å²) in [6.07, 6.45) is 0. The van der Waals surface area contributed by atoms with Crippen molar-refractivity contribution in [2.24, 2.45) is 5.11 Å².